The zero-order chi connectivity index (χ0) is 15.2. The molecule has 0 spiro atoms. The average Bonchev–Trinajstić information content (AvgIpc) is 2.47. The first-order valence-corrected chi connectivity index (χ1v) is 6.80. The molecule has 0 aliphatic rings. The summed E-state index contributed by atoms with van der Waals surface area (Å²) in [4.78, 5) is 11.9. The number of ether oxygens (including phenoxy) is 1. The van der Waals surface area contributed by atoms with Crippen molar-refractivity contribution in [2.45, 2.75) is 26.5 Å². The van der Waals surface area contributed by atoms with Gasteiger partial charge in [-0.25, -0.2) is 4.39 Å². The van der Waals surface area contributed by atoms with E-state index < -0.39 is 6.10 Å². The Morgan fingerprint density at radius 1 is 1.24 bits per heavy atom. The van der Waals surface area contributed by atoms with Crippen molar-refractivity contribution in [1.82, 2.24) is 5.32 Å². The fourth-order valence-corrected chi connectivity index (χ4v) is 1.85. The smallest absolute Gasteiger partial charge is 0.261 e. The monoisotopic (exact) mass is 287 g/mol. The number of hydrogen-bond acceptors (Lipinski definition) is 2. The highest BCUT2D eigenvalue weighted by Gasteiger charge is 2.14. The van der Waals surface area contributed by atoms with E-state index in [9.17, 15) is 9.18 Å². The molecule has 0 heterocycles. The number of aryl methyl sites for hydroxylation is 1. The molecule has 1 unspecified atom stereocenters. The van der Waals surface area contributed by atoms with Crippen LogP contribution in [0.4, 0.5) is 4.39 Å². The van der Waals surface area contributed by atoms with Crippen LogP contribution in [0.15, 0.2) is 48.5 Å². The summed E-state index contributed by atoms with van der Waals surface area (Å²) in [7, 11) is 0. The first-order chi connectivity index (χ1) is 10.0. The first kappa shape index (κ1) is 15.0. The summed E-state index contributed by atoms with van der Waals surface area (Å²) in [6.07, 6.45) is -0.610. The highest BCUT2D eigenvalue weighted by Crippen LogP contribution is 2.13. The Balaban J connectivity index is 1.86. The third-order valence-electron chi connectivity index (χ3n) is 3.06. The summed E-state index contributed by atoms with van der Waals surface area (Å²) < 4.78 is 18.6. The van der Waals surface area contributed by atoms with Crippen LogP contribution in [0, 0.1) is 12.7 Å². The normalized spacial score (nSPS) is 11.8. The summed E-state index contributed by atoms with van der Waals surface area (Å²) in [5.74, 6) is 0.0968. The number of halogens is 1. The number of hydrogen-bond donors (Lipinski definition) is 1. The molecule has 21 heavy (non-hydrogen) atoms. The van der Waals surface area contributed by atoms with Crippen molar-refractivity contribution < 1.29 is 13.9 Å². The molecule has 4 heteroatoms. The Morgan fingerprint density at radius 3 is 2.62 bits per heavy atom. The Hall–Kier alpha value is -2.36. The first-order valence-electron chi connectivity index (χ1n) is 6.80. The second-order valence-corrected chi connectivity index (χ2v) is 4.92. The van der Waals surface area contributed by atoms with Gasteiger partial charge in [0.15, 0.2) is 6.10 Å². The van der Waals surface area contributed by atoms with E-state index in [0.29, 0.717) is 11.3 Å². The highest BCUT2D eigenvalue weighted by atomic mass is 19.1. The minimum Gasteiger partial charge on any atom is -0.481 e. The molecular formula is C17H18FNO2. The van der Waals surface area contributed by atoms with Crippen LogP contribution in [-0.4, -0.2) is 12.0 Å². The van der Waals surface area contributed by atoms with Gasteiger partial charge >= 0.3 is 0 Å². The van der Waals surface area contributed by atoms with Crippen LogP contribution in [-0.2, 0) is 11.3 Å². The Labute approximate surface area is 123 Å². The molecule has 0 radical (unpaired) electrons. The standard InChI is InChI=1S/C17H18FNO2/c1-12-6-8-16(9-7-12)21-13(2)17(20)19-11-14-4-3-5-15(18)10-14/h3-10,13H,11H2,1-2H3,(H,19,20). The van der Waals surface area contributed by atoms with Crippen LogP contribution in [0.25, 0.3) is 0 Å². The zero-order valence-electron chi connectivity index (χ0n) is 12.1. The molecule has 0 bridgehead atoms. The van der Waals surface area contributed by atoms with Crippen molar-refractivity contribution in [2.24, 2.45) is 0 Å². The van der Waals surface area contributed by atoms with Gasteiger partial charge in [0.1, 0.15) is 11.6 Å². The van der Waals surface area contributed by atoms with Crippen LogP contribution in [0.1, 0.15) is 18.1 Å². The fraction of sp³-hybridized carbons (Fsp3) is 0.235. The van der Waals surface area contributed by atoms with Crippen molar-refractivity contribution >= 4 is 5.91 Å². The molecule has 1 N–H and O–H groups in total. The lowest BCUT2D eigenvalue weighted by Gasteiger charge is -2.15. The second-order valence-electron chi connectivity index (χ2n) is 4.92. The third-order valence-corrected chi connectivity index (χ3v) is 3.06. The molecular weight excluding hydrogens is 269 g/mol. The van der Waals surface area contributed by atoms with Gasteiger partial charge in [0.2, 0.25) is 0 Å². The SMILES string of the molecule is Cc1ccc(OC(C)C(=O)NCc2cccc(F)c2)cc1. The van der Waals surface area contributed by atoms with E-state index in [4.69, 9.17) is 4.74 Å². The van der Waals surface area contributed by atoms with Crippen LogP contribution in [0.3, 0.4) is 0 Å². The zero-order valence-corrected chi connectivity index (χ0v) is 12.1. The van der Waals surface area contributed by atoms with Gasteiger partial charge in [-0.2, -0.15) is 0 Å². The Kier molecular flexibility index (Phi) is 4.93. The lowest BCUT2D eigenvalue weighted by atomic mass is 10.2. The molecule has 1 atom stereocenters. The molecule has 1 amide bonds. The molecule has 0 aliphatic carbocycles. The molecule has 3 nitrogen and oxygen atoms in total. The topological polar surface area (TPSA) is 38.3 Å². The van der Waals surface area contributed by atoms with Crippen LogP contribution in [0.5, 0.6) is 5.75 Å². The maximum atomic E-state index is 13.0. The summed E-state index contributed by atoms with van der Waals surface area (Å²) in [6.45, 7) is 3.94. The van der Waals surface area contributed by atoms with Crippen molar-refractivity contribution in [3.63, 3.8) is 0 Å². The van der Waals surface area contributed by atoms with E-state index in [1.807, 2.05) is 31.2 Å². The van der Waals surface area contributed by atoms with Crippen molar-refractivity contribution in [2.75, 3.05) is 0 Å². The minimum absolute atomic E-state index is 0.236. The van der Waals surface area contributed by atoms with E-state index in [1.165, 1.54) is 12.1 Å². The summed E-state index contributed by atoms with van der Waals surface area (Å²) in [5, 5.41) is 2.73. The maximum Gasteiger partial charge on any atom is 0.261 e. The number of rotatable bonds is 5. The molecule has 0 saturated heterocycles. The molecule has 0 saturated carbocycles. The summed E-state index contributed by atoms with van der Waals surface area (Å²) in [6, 6.07) is 13.6. The average molecular weight is 287 g/mol. The molecule has 0 fully saturated rings. The third kappa shape index (κ3) is 4.60. The largest absolute Gasteiger partial charge is 0.481 e. The highest BCUT2D eigenvalue weighted by molar-refractivity contribution is 5.80. The maximum absolute atomic E-state index is 13.0. The molecule has 0 aliphatic heterocycles. The number of benzene rings is 2. The van der Waals surface area contributed by atoms with Crippen LogP contribution in [0.2, 0.25) is 0 Å². The lowest BCUT2D eigenvalue weighted by molar-refractivity contribution is -0.127. The lowest BCUT2D eigenvalue weighted by Crippen LogP contribution is -2.35. The summed E-state index contributed by atoms with van der Waals surface area (Å²) >= 11 is 0. The van der Waals surface area contributed by atoms with Crippen LogP contribution >= 0.6 is 0 Å². The number of carbonyl (C=O) groups excluding carboxylic acids is 1. The van der Waals surface area contributed by atoms with Gasteiger partial charge in [-0.15, -0.1) is 0 Å². The number of amides is 1. The van der Waals surface area contributed by atoms with Crippen molar-refractivity contribution in [1.29, 1.82) is 0 Å². The van der Waals surface area contributed by atoms with Crippen molar-refractivity contribution in [3.8, 4) is 5.75 Å². The van der Waals surface area contributed by atoms with E-state index in [-0.39, 0.29) is 18.3 Å². The van der Waals surface area contributed by atoms with E-state index >= 15 is 0 Å². The fourth-order valence-electron chi connectivity index (χ4n) is 1.85. The van der Waals surface area contributed by atoms with E-state index in [1.54, 1.807) is 19.1 Å². The predicted molar refractivity (Wildman–Crippen MR) is 79.5 cm³/mol. The second kappa shape index (κ2) is 6.88. The van der Waals surface area contributed by atoms with E-state index in [2.05, 4.69) is 5.32 Å². The van der Waals surface area contributed by atoms with Gasteiger partial charge in [-0.3, -0.25) is 4.79 Å². The summed E-state index contributed by atoms with van der Waals surface area (Å²) in [5.41, 5.74) is 1.84. The van der Waals surface area contributed by atoms with Crippen molar-refractivity contribution in [3.05, 3.63) is 65.5 Å². The van der Waals surface area contributed by atoms with Gasteiger partial charge in [0, 0.05) is 6.54 Å². The molecule has 2 rings (SSSR count). The molecule has 0 aromatic heterocycles. The van der Waals surface area contributed by atoms with Gasteiger partial charge in [0.05, 0.1) is 0 Å². The Bertz CT molecular complexity index is 610. The Morgan fingerprint density at radius 2 is 1.95 bits per heavy atom. The minimum atomic E-state index is -0.610. The quantitative estimate of drug-likeness (QED) is 0.917. The number of nitrogens with one attached hydrogen (secondary N) is 1. The van der Waals surface area contributed by atoms with Crippen LogP contribution < -0.4 is 10.1 Å². The van der Waals surface area contributed by atoms with Gasteiger partial charge in [-0.1, -0.05) is 29.8 Å². The van der Waals surface area contributed by atoms with E-state index in [0.717, 1.165) is 5.56 Å². The van der Waals surface area contributed by atoms with Gasteiger partial charge in [-0.05, 0) is 43.7 Å². The van der Waals surface area contributed by atoms with Gasteiger partial charge < -0.3 is 10.1 Å². The molecule has 110 valence electrons. The molecule has 2 aromatic rings. The predicted octanol–water partition coefficient (Wildman–Crippen LogP) is 3.22. The molecule has 2 aromatic carbocycles. The number of carbonyl (C=O) groups is 1. The van der Waals surface area contributed by atoms with Gasteiger partial charge in [0.25, 0.3) is 5.91 Å².